The normalized spacial score (nSPS) is 39.7. The molecule has 0 saturated carbocycles. The SMILES string of the molecule is CNC1(C)C(CO)CC(=O)N2CCCCC21. The highest BCUT2D eigenvalue weighted by molar-refractivity contribution is 5.78. The van der Waals surface area contributed by atoms with Gasteiger partial charge in [-0.2, -0.15) is 0 Å². The van der Waals surface area contributed by atoms with Crippen LogP contribution in [0.1, 0.15) is 32.6 Å². The maximum absolute atomic E-state index is 12.0. The lowest BCUT2D eigenvalue weighted by molar-refractivity contribution is -0.147. The van der Waals surface area contributed by atoms with E-state index in [1.807, 2.05) is 11.9 Å². The highest BCUT2D eigenvalue weighted by Gasteiger charge is 2.49. The fraction of sp³-hybridized carbons (Fsp3) is 0.917. The Hall–Kier alpha value is -0.610. The number of carbonyl (C=O) groups excluding carboxylic acids is 1. The van der Waals surface area contributed by atoms with E-state index < -0.39 is 0 Å². The number of carbonyl (C=O) groups is 1. The number of fused-ring (bicyclic) bond motifs is 1. The van der Waals surface area contributed by atoms with Crippen molar-refractivity contribution >= 4 is 5.91 Å². The Morgan fingerprint density at radius 2 is 2.31 bits per heavy atom. The van der Waals surface area contributed by atoms with E-state index in [2.05, 4.69) is 12.2 Å². The van der Waals surface area contributed by atoms with Gasteiger partial charge in [0.05, 0.1) is 0 Å². The Bertz CT molecular complexity index is 282. The molecule has 2 saturated heterocycles. The first kappa shape index (κ1) is 11.9. The molecule has 2 N–H and O–H groups in total. The van der Waals surface area contributed by atoms with Crippen LogP contribution in [-0.4, -0.2) is 47.7 Å². The highest BCUT2D eigenvalue weighted by atomic mass is 16.3. The molecular formula is C12H22N2O2. The number of hydrogen-bond acceptors (Lipinski definition) is 3. The summed E-state index contributed by atoms with van der Waals surface area (Å²) in [5.74, 6) is 0.265. The second-order valence-corrected chi connectivity index (χ2v) is 5.22. The molecule has 0 spiro atoms. The van der Waals surface area contributed by atoms with Crippen LogP contribution in [-0.2, 0) is 4.79 Å². The summed E-state index contributed by atoms with van der Waals surface area (Å²) in [4.78, 5) is 14.0. The molecule has 0 aromatic heterocycles. The van der Waals surface area contributed by atoms with Crippen LogP contribution in [0.4, 0.5) is 0 Å². The fourth-order valence-electron chi connectivity index (χ4n) is 3.29. The number of rotatable bonds is 2. The van der Waals surface area contributed by atoms with Crippen molar-refractivity contribution in [3.8, 4) is 0 Å². The van der Waals surface area contributed by atoms with Gasteiger partial charge in [0, 0.05) is 37.1 Å². The van der Waals surface area contributed by atoms with Gasteiger partial charge >= 0.3 is 0 Å². The lowest BCUT2D eigenvalue weighted by Gasteiger charge is -2.54. The minimum Gasteiger partial charge on any atom is -0.396 e. The predicted octanol–water partition coefficient (Wildman–Crippen LogP) is 0.358. The van der Waals surface area contributed by atoms with E-state index in [1.165, 1.54) is 6.42 Å². The van der Waals surface area contributed by atoms with Crippen molar-refractivity contribution in [1.82, 2.24) is 10.2 Å². The lowest BCUT2D eigenvalue weighted by atomic mass is 9.71. The molecule has 2 heterocycles. The van der Waals surface area contributed by atoms with Crippen molar-refractivity contribution in [3.05, 3.63) is 0 Å². The van der Waals surface area contributed by atoms with Crippen LogP contribution in [0.5, 0.6) is 0 Å². The lowest BCUT2D eigenvalue weighted by Crippen LogP contribution is -2.68. The van der Waals surface area contributed by atoms with Gasteiger partial charge in [-0.05, 0) is 33.2 Å². The average Bonchev–Trinajstić information content (AvgIpc) is 2.34. The zero-order valence-corrected chi connectivity index (χ0v) is 10.2. The van der Waals surface area contributed by atoms with Gasteiger partial charge in [0.1, 0.15) is 0 Å². The van der Waals surface area contributed by atoms with Gasteiger partial charge in [0.25, 0.3) is 0 Å². The summed E-state index contributed by atoms with van der Waals surface area (Å²) in [5.41, 5.74) is -0.136. The number of likely N-dealkylation sites (N-methyl/N-ethyl adjacent to an activating group) is 1. The number of hydrogen-bond donors (Lipinski definition) is 2. The third-order valence-corrected chi connectivity index (χ3v) is 4.54. The van der Waals surface area contributed by atoms with E-state index in [0.29, 0.717) is 6.42 Å². The van der Waals surface area contributed by atoms with E-state index in [1.54, 1.807) is 0 Å². The molecule has 2 aliphatic rings. The fourth-order valence-corrected chi connectivity index (χ4v) is 3.29. The van der Waals surface area contributed by atoms with Gasteiger partial charge in [-0.1, -0.05) is 0 Å². The van der Waals surface area contributed by atoms with Gasteiger partial charge < -0.3 is 15.3 Å². The third kappa shape index (κ3) is 1.64. The summed E-state index contributed by atoms with van der Waals surface area (Å²) >= 11 is 0. The molecule has 0 bridgehead atoms. The summed E-state index contributed by atoms with van der Waals surface area (Å²) in [6.45, 7) is 3.12. The van der Waals surface area contributed by atoms with Gasteiger partial charge in [-0.15, -0.1) is 0 Å². The monoisotopic (exact) mass is 226 g/mol. The van der Waals surface area contributed by atoms with Crippen molar-refractivity contribution in [2.45, 2.75) is 44.2 Å². The number of aliphatic hydroxyl groups is 1. The molecule has 2 aliphatic heterocycles. The number of nitrogens with one attached hydrogen (secondary N) is 1. The maximum Gasteiger partial charge on any atom is 0.223 e. The second kappa shape index (κ2) is 4.34. The first-order valence-corrected chi connectivity index (χ1v) is 6.22. The smallest absolute Gasteiger partial charge is 0.223 e. The first-order chi connectivity index (χ1) is 7.63. The maximum atomic E-state index is 12.0. The van der Waals surface area contributed by atoms with Gasteiger partial charge in [0.2, 0.25) is 5.91 Å². The molecular weight excluding hydrogens is 204 g/mol. The molecule has 0 aliphatic carbocycles. The topological polar surface area (TPSA) is 52.6 Å². The van der Waals surface area contributed by atoms with Gasteiger partial charge in [-0.3, -0.25) is 4.79 Å². The number of piperidine rings is 2. The van der Waals surface area contributed by atoms with E-state index in [9.17, 15) is 9.90 Å². The van der Waals surface area contributed by atoms with E-state index in [-0.39, 0.29) is 30.0 Å². The number of amides is 1. The van der Waals surface area contributed by atoms with Crippen LogP contribution in [0.15, 0.2) is 0 Å². The van der Waals surface area contributed by atoms with Crippen LogP contribution in [0.3, 0.4) is 0 Å². The quantitative estimate of drug-likeness (QED) is 0.715. The molecule has 2 fully saturated rings. The van der Waals surface area contributed by atoms with Gasteiger partial charge in [0.15, 0.2) is 0 Å². The van der Waals surface area contributed by atoms with E-state index in [0.717, 1.165) is 19.4 Å². The molecule has 4 heteroatoms. The third-order valence-electron chi connectivity index (χ3n) is 4.54. The Morgan fingerprint density at radius 3 is 2.94 bits per heavy atom. The molecule has 3 unspecified atom stereocenters. The Kier molecular flexibility index (Phi) is 3.22. The zero-order chi connectivity index (χ0) is 11.8. The molecule has 4 nitrogen and oxygen atoms in total. The van der Waals surface area contributed by atoms with Crippen molar-refractivity contribution in [3.63, 3.8) is 0 Å². The first-order valence-electron chi connectivity index (χ1n) is 6.22. The summed E-state index contributed by atoms with van der Waals surface area (Å²) in [5, 5.41) is 12.8. The van der Waals surface area contributed by atoms with Crippen molar-refractivity contribution < 1.29 is 9.90 Å². The molecule has 0 radical (unpaired) electrons. The molecule has 3 atom stereocenters. The largest absolute Gasteiger partial charge is 0.396 e. The number of nitrogens with zero attached hydrogens (tertiary/aromatic N) is 1. The molecule has 16 heavy (non-hydrogen) atoms. The summed E-state index contributed by atoms with van der Waals surface area (Å²) < 4.78 is 0. The molecule has 1 amide bonds. The van der Waals surface area contributed by atoms with Crippen LogP contribution < -0.4 is 5.32 Å². The summed E-state index contributed by atoms with van der Waals surface area (Å²) in [7, 11) is 1.94. The van der Waals surface area contributed by atoms with Crippen LogP contribution in [0.25, 0.3) is 0 Å². The van der Waals surface area contributed by atoms with Crippen LogP contribution >= 0.6 is 0 Å². The van der Waals surface area contributed by atoms with Crippen LogP contribution in [0, 0.1) is 5.92 Å². The van der Waals surface area contributed by atoms with Crippen LogP contribution in [0.2, 0.25) is 0 Å². The summed E-state index contributed by atoms with van der Waals surface area (Å²) in [6, 6.07) is 0.254. The molecule has 2 rings (SSSR count). The Labute approximate surface area is 97.0 Å². The second-order valence-electron chi connectivity index (χ2n) is 5.22. The average molecular weight is 226 g/mol. The molecule has 92 valence electrons. The zero-order valence-electron chi connectivity index (χ0n) is 10.2. The highest BCUT2D eigenvalue weighted by Crippen LogP contribution is 2.37. The minimum absolute atomic E-state index is 0.0457. The Morgan fingerprint density at radius 1 is 1.56 bits per heavy atom. The minimum atomic E-state index is -0.136. The van der Waals surface area contributed by atoms with Gasteiger partial charge in [-0.25, -0.2) is 0 Å². The Balaban J connectivity index is 2.28. The van der Waals surface area contributed by atoms with E-state index in [4.69, 9.17) is 0 Å². The standard InChI is InChI=1S/C12H22N2O2/c1-12(13-2)9(8-15)7-11(16)14-6-4-3-5-10(12)14/h9-10,13,15H,3-8H2,1-2H3. The molecule has 0 aromatic rings. The summed E-state index contributed by atoms with van der Waals surface area (Å²) in [6.07, 6.45) is 3.83. The van der Waals surface area contributed by atoms with Crippen molar-refractivity contribution in [2.75, 3.05) is 20.2 Å². The van der Waals surface area contributed by atoms with Crippen molar-refractivity contribution in [1.29, 1.82) is 0 Å². The van der Waals surface area contributed by atoms with E-state index >= 15 is 0 Å². The van der Waals surface area contributed by atoms with Crippen molar-refractivity contribution in [2.24, 2.45) is 5.92 Å². The number of aliphatic hydroxyl groups excluding tert-OH is 1. The predicted molar refractivity (Wildman–Crippen MR) is 62.0 cm³/mol. The molecule has 0 aromatic carbocycles.